The highest BCUT2D eigenvalue weighted by Crippen LogP contribution is 2.39. The minimum absolute atomic E-state index is 0.177. The second-order valence-corrected chi connectivity index (χ2v) is 7.54. The van der Waals surface area contributed by atoms with Crippen molar-refractivity contribution in [1.82, 2.24) is 0 Å². The van der Waals surface area contributed by atoms with Gasteiger partial charge in [-0.2, -0.15) is 0 Å². The van der Waals surface area contributed by atoms with E-state index in [9.17, 15) is 9.59 Å². The highest BCUT2D eigenvalue weighted by atomic mass is 35.5. The lowest BCUT2D eigenvalue weighted by Gasteiger charge is -2.38. The molecule has 3 aromatic rings. The van der Waals surface area contributed by atoms with Gasteiger partial charge in [0.25, 0.3) is 5.91 Å². The molecule has 0 bridgehead atoms. The first-order valence-electron chi connectivity index (χ1n) is 9.41. The van der Waals surface area contributed by atoms with Crippen LogP contribution in [0, 0.1) is 0 Å². The van der Waals surface area contributed by atoms with Crippen LogP contribution in [-0.2, 0) is 4.74 Å². The van der Waals surface area contributed by atoms with Crippen LogP contribution >= 0.6 is 23.2 Å². The Morgan fingerprint density at radius 3 is 2.50 bits per heavy atom. The fourth-order valence-corrected chi connectivity index (χ4v) is 3.95. The molecule has 1 heterocycles. The maximum absolute atomic E-state index is 13.4. The van der Waals surface area contributed by atoms with Gasteiger partial charge in [0.1, 0.15) is 6.17 Å². The number of benzene rings is 3. The highest BCUT2D eigenvalue weighted by Gasteiger charge is 2.35. The fraction of sp³-hybridized carbons (Fsp3) is 0.130. The first kappa shape index (κ1) is 20.3. The number of hydrogen-bond acceptors (Lipinski definition) is 4. The summed E-state index contributed by atoms with van der Waals surface area (Å²) in [6, 6.07) is 19.2. The van der Waals surface area contributed by atoms with E-state index >= 15 is 0 Å². The molecule has 0 spiro atoms. The molecule has 0 aliphatic carbocycles. The predicted molar refractivity (Wildman–Crippen MR) is 118 cm³/mol. The van der Waals surface area contributed by atoms with Crippen LogP contribution in [0.2, 0.25) is 10.0 Å². The molecule has 0 fully saturated rings. The monoisotopic (exact) mass is 440 g/mol. The molecule has 0 saturated carbocycles. The van der Waals surface area contributed by atoms with Crippen LogP contribution in [-0.4, -0.2) is 18.5 Å². The standard InChI is InChI=1S/C23H18Cl2N2O3/c1-2-30-23(29)14-7-10-16(11-8-14)27-21(17-12-9-15(24)13-19(17)25)26-20-6-4-3-5-18(20)22(27)28/h3-13,21,26H,2H2,1H3/t21-/m1/s1. The van der Waals surface area contributed by atoms with Crippen LogP contribution in [0.3, 0.4) is 0 Å². The normalized spacial score (nSPS) is 15.4. The number of fused-ring (bicyclic) bond motifs is 1. The molecule has 5 nitrogen and oxygen atoms in total. The molecule has 30 heavy (non-hydrogen) atoms. The van der Waals surface area contributed by atoms with E-state index in [1.165, 1.54) is 0 Å². The van der Waals surface area contributed by atoms with Gasteiger partial charge in [0.15, 0.2) is 0 Å². The number of rotatable bonds is 4. The van der Waals surface area contributed by atoms with Crippen molar-refractivity contribution in [2.75, 3.05) is 16.8 Å². The maximum atomic E-state index is 13.4. The zero-order valence-corrected chi connectivity index (χ0v) is 17.6. The molecule has 1 N–H and O–H groups in total. The molecule has 1 amide bonds. The molecule has 1 atom stereocenters. The van der Waals surface area contributed by atoms with Gasteiger partial charge in [-0.3, -0.25) is 9.69 Å². The highest BCUT2D eigenvalue weighted by molar-refractivity contribution is 6.35. The van der Waals surface area contributed by atoms with Gasteiger partial charge < -0.3 is 10.1 Å². The largest absolute Gasteiger partial charge is 0.462 e. The average Bonchev–Trinajstić information content (AvgIpc) is 2.74. The predicted octanol–water partition coefficient (Wildman–Crippen LogP) is 5.94. The number of nitrogens with one attached hydrogen (secondary N) is 1. The van der Waals surface area contributed by atoms with Gasteiger partial charge in [0, 0.05) is 27.0 Å². The van der Waals surface area contributed by atoms with Crippen LogP contribution in [0.5, 0.6) is 0 Å². The Morgan fingerprint density at radius 1 is 1.07 bits per heavy atom. The van der Waals surface area contributed by atoms with E-state index in [0.717, 1.165) is 5.69 Å². The van der Waals surface area contributed by atoms with E-state index in [1.807, 2.05) is 18.2 Å². The first-order chi connectivity index (χ1) is 14.5. The van der Waals surface area contributed by atoms with E-state index in [-0.39, 0.29) is 5.91 Å². The van der Waals surface area contributed by atoms with Crippen LogP contribution in [0.15, 0.2) is 66.7 Å². The lowest BCUT2D eigenvalue weighted by molar-refractivity contribution is 0.0526. The summed E-state index contributed by atoms with van der Waals surface area (Å²) < 4.78 is 5.04. The van der Waals surface area contributed by atoms with E-state index in [0.29, 0.717) is 39.0 Å². The Balaban J connectivity index is 1.79. The summed E-state index contributed by atoms with van der Waals surface area (Å²) >= 11 is 12.5. The quantitative estimate of drug-likeness (QED) is 0.509. The van der Waals surface area contributed by atoms with Gasteiger partial charge in [-0.1, -0.05) is 41.4 Å². The van der Waals surface area contributed by atoms with Crippen molar-refractivity contribution < 1.29 is 14.3 Å². The van der Waals surface area contributed by atoms with Gasteiger partial charge in [-0.25, -0.2) is 4.79 Å². The molecular weight excluding hydrogens is 423 g/mol. The fourth-order valence-electron chi connectivity index (χ4n) is 3.43. The summed E-state index contributed by atoms with van der Waals surface area (Å²) in [4.78, 5) is 27.0. The number of esters is 1. The zero-order chi connectivity index (χ0) is 21.3. The smallest absolute Gasteiger partial charge is 0.338 e. The van der Waals surface area contributed by atoms with E-state index in [4.69, 9.17) is 27.9 Å². The second kappa shape index (κ2) is 8.38. The van der Waals surface area contributed by atoms with Crippen LogP contribution in [0.4, 0.5) is 11.4 Å². The molecule has 0 radical (unpaired) electrons. The van der Waals surface area contributed by atoms with Crippen molar-refractivity contribution in [2.24, 2.45) is 0 Å². The number of carbonyl (C=O) groups excluding carboxylic acids is 2. The van der Waals surface area contributed by atoms with Crippen molar-refractivity contribution in [3.63, 3.8) is 0 Å². The molecule has 0 aromatic heterocycles. The summed E-state index contributed by atoms with van der Waals surface area (Å²) in [7, 11) is 0. The van der Waals surface area contributed by atoms with Crippen molar-refractivity contribution in [3.8, 4) is 0 Å². The molecule has 0 saturated heterocycles. The second-order valence-electron chi connectivity index (χ2n) is 6.70. The van der Waals surface area contributed by atoms with E-state index in [1.54, 1.807) is 60.4 Å². The van der Waals surface area contributed by atoms with Gasteiger partial charge in [-0.05, 0) is 55.5 Å². The zero-order valence-electron chi connectivity index (χ0n) is 16.1. The summed E-state index contributed by atoms with van der Waals surface area (Å²) in [5.41, 5.74) is 3.01. The Labute approximate surface area is 184 Å². The summed E-state index contributed by atoms with van der Waals surface area (Å²) in [6.07, 6.45) is -0.550. The molecule has 4 rings (SSSR count). The summed E-state index contributed by atoms with van der Waals surface area (Å²) in [5, 5.41) is 4.35. The number of anilines is 2. The van der Waals surface area contributed by atoms with Crippen LogP contribution in [0.25, 0.3) is 0 Å². The number of para-hydroxylation sites is 1. The Bertz CT molecular complexity index is 1120. The molecule has 1 aliphatic rings. The van der Waals surface area contributed by atoms with Crippen molar-refractivity contribution >= 4 is 46.5 Å². The Morgan fingerprint density at radius 2 is 1.80 bits per heavy atom. The van der Waals surface area contributed by atoms with Gasteiger partial charge in [0.2, 0.25) is 0 Å². The lowest BCUT2D eigenvalue weighted by atomic mass is 10.0. The molecule has 3 aromatic carbocycles. The molecule has 1 aliphatic heterocycles. The number of hydrogen-bond donors (Lipinski definition) is 1. The SMILES string of the molecule is CCOC(=O)c1ccc(N2C(=O)c3ccccc3N[C@H]2c2ccc(Cl)cc2Cl)cc1. The van der Waals surface area contributed by atoms with Gasteiger partial charge in [0.05, 0.1) is 17.7 Å². The lowest BCUT2D eigenvalue weighted by Crippen LogP contribution is -2.43. The van der Waals surface area contributed by atoms with Gasteiger partial charge in [-0.15, -0.1) is 0 Å². The number of halogens is 2. The number of carbonyl (C=O) groups is 2. The molecule has 152 valence electrons. The topological polar surface area (TPSA) is 58.6 Å². The third kappa shape index (κ3) is 3.74. The summed E-state index contributed by atoms with van der Waals surface area (Å²) in [5.74, 6) is -0.584. The minimum Gasteiger partial charge on any atom is -0.462 e. The first-order valence-corrected chi connectivity index (χ1v) is 10.2. The third-order valence-electron chi connectivity index (χ3n) is 4.84. The van der Waals surface area contributed by atoms with E-state index in [2.05, 4.69) is 5.32 Å². The Kier molecular flexibility index (Phi) is 5.66. The molecule has 7 heteroatoms. The minimum atomic E-state index is -0.550. The average molecular weight is 441 g/mol. The van der Waals surface area contributed by atoms with Crippen molar-refractivity contribution in [1.29, 1.82) is 0 Å². The van der Waals surface area contributed by atoms with E-state index < -0.39 is 12.1 Å². The molecule has 0 unspecified atom stereocenters. The molecular formula is C23H18Cl2N2O3. The number of ether oxygens (including phenoxy) is 1. The summed E-state index contributed by atoms with van der Waals surface area (Å²) in [6.45, 7) is 2.05. The third-order valence-corrected chi connectivity index (χ3v) is 5.40. The van der Waals surface area contributed by atoms with Crippen LogP contribution in [0.1, 0.15) is 39.4 Å². The van der Waals surface area contributed by atoms with Crippen LogP contribution < -0.4 is 10.2 Å². The number of nitrogens with zero attached hydrogens (tertiary/aromatic N) is 1. The number of amides is 1. The van der Waals surface area contributed by atoms with Crippen molar-refractivity contribution in [2.45, 2.75) is 13.1 Å². The van der Waals surface area contributed by atoms with Crippen molar-refractivity contribution in [3.05, 3.63) is 93.5 Å². The Hall–Kier alpha value is -3.02. The van der Waals surface area contributed by atoms with Gasteiger partial charge >= 0.3 is 5.97 Å². The maximum Gasteiger partial charge on any atom is 0.338 e.